The van der Waals surface area contributed by atoms with Gasteiger partial charge in [0.25, 0.3) is 0 Å². The van der Waals surface area contributed by atoms with E-state index in [9.17, 15) is 0 Å². The number of nitrogens with one attached hydrogen (secondary N) is 1. The molecular formula is C15H15N3. The summed E-state index contributed by atoms with van der Waals surface area (Å²) in [6, 6.07) is 14.1. The molecule has 0 aliphatic heterocycles. The van der Waals surface area contributed by atoms with Gasteiger partial charge in [-0.1, -0.05) is 31.2 Å². The number of hydrogen-bond acceptors (Lipinski definition) is 3. The van der Waals surface area contributed by atoms with Crippen LogP contribution in [0.3, 0.4) is 0 Å². The van der Waals surface area contributed by atoms with Crippen molar-refractivity contribution in [2.45, 2.75) is 13.3 Å². The summed E-state index contributed by atoms with van der Waals surface area (Å²) >= 11 is 0. The summed E-state index contributed by atoms with van der Waals surface area (Å²) in [5.41, 5.74) is 3.81. The van der Waals surface area contributed by atoms with E-state index in [2.05, 4.69) is 47.6 Å². The summed E-state index contributed by atoms with van der Waals surface area (Å²) in [6.45, 7) is 2.13. The van der Waals surface area contributed by atoms with Gasteiger partial charge in [0.15, 0.2) is 0 Å². The van der Waals surface area contributed by atoms with Gasteiger partial charge in [-0.25, -0.2) is 4.98 Å². The van der Waals surface area contributed by atoms with Crippen LogP contribution in [0.15, 0.2) is 36.4 Å². The van der Waals surface area contributed by atoms with Gasteiger partial charge in [0.2, 0.25) is 0 Å². The Labute approximate surface area is 107 Å². The molecule has 0 radical (unpaired) electrons. The Morgan fingerprint density at radius 2 is 1.89 bits per heavy atom. The molecule has 1 aromatic carbocycles. The molecule has 18 heavy (non-hydrogen) atoms. The van der Waals surface area contributed by atoms with Crippen LogP contribution in [0.2, 0.25) is 0 Å². The summed E-state index contributed by atoms with van der Waals surface area (Å²) in [7, 11) is 1.77. The zero-order chi connectivity index (χ0) is 13.0. The lowest BCUT2D eigenvalue weighted by Crippen LogP contribution is -1.97. The first kappa shape index (κ1) is 12.1. The van der Waals surface area contributed by atoms with Crippen LogP contribution in [0.5, 0.6) is 0 Å². The quantitative estimate of drug-likeness (QED) is 0.891. The molecule has 0 fully saturated rings. The Hall–Kier alpha value is -2.34. The zero-order valence-electron chi connectivity index (χ0n) is 10.6. The molecule has 90 valence electrons. The molecule has 0 saturated carbocycles. The topological polar surface area (TPSA) is 48.7 Å². The minimum atomic E-state index is 0.562. The second-order valence-electron chi connectivity index (χ2n) is 4.00. The van der Waals surface area contributed by atoms with Crippen molar-refractivity contribution in [1.29, 1.82) is 5.26 Å². The lowest BCUT2D eigenvalue weighted by atomic mass is 10.1. The molecule has 0 bridgehead atoms. The number of aromatic nitrogens is 1. The molecule has 3 heteroatoms. The maximum Gasteiger partial charge on any atom is 0.144 e. The Bertz CT molecular complexity index is 580. The van der Waals surface area contributed by atoms with Crippen molar-refractivity contribution in [3.8, 4) is 17.3 Å². The normalized spacial score (nSPS) is 9.83. The second kappa shape index (κ2) is 5.33. The van der Waals surface area contributed by atoms with Gasteiger partial charge in [0.05, 0.1) is 11.3 Å². The number of rotatable bonds is 3. The standard InChI is InChI=1S/C15H15N3/c1-3-11-4-6-12(7-5-11)14-9-8-13(10-16)15(17-2)18-14/h4-9H,3H2,1-2H3,(H,17,18). The van der Waals surface area contributed by atoms with Crippen LogP contribution < -0.4 is 5.32 Å². The Balaban J connectivity index is 2.41. The summed E-state index contributed by atoms with van der Waals surface area (Å²) in [6.07, 6.45) is 1.03. The number of benzene rings is 1. The second-order valence-corrected chi connectivity index (χ2v) is 4.00. The summed E-state index contributed by atoms with van der Waals surface area (Å²) < 4.78 is 0. The molecule has 1 heterocycles. The van der Waals surface area contributed by atoms with Crippen LogP contribution in [-0.4, -0.2) is 12.0 Å². The summed E-state index contributed by atoms with van der Waals surface area (Å²) in [5.74, 6) is 0.620. The minimum absolute atomic E-state index is 0.562. The molecule has 2 aromatic rings. The lowest BCUT2D eigenvalue weighted by Gasteiger charge is -2.06. The molecule has 3 nitrogen and oxygen atoms in total. The molecule has 0 spiro atoms. The molecule has 0 aliphatic rings. The van der Waals surface area contributed by atoms with E-state index in [-0.39, 0.29) is 0 Å². The number of anilines is 1. The first-order chi connectivity index (χ1) is 8.78. The number of aryl methyl sites for hydroxylation is 1. The van der Waals surface area contributed by atoms with Crippen molar-refractivity contribution < 1.29 is 0 Å². The van der Waals surface area contributed by atoms with E-state index >= 15 is 0 Å². The molecule has 0 aliphatic carbocycles. The molecule has 0 amide bonds. The largest absolute Gasteiger partial charge is 0.372 e. The Morgan fingerprint density at radius 1 is 1.17 bits per heavy atom. The van der Waals surface area contributed by atoms with Gasteiger partial charge in [0, 0.05) is 12.6 Å². The fourth-order valence-corrected chi connectivity index (χ4v) is 1.81. The van der Waals surface area contributed by atoms with Gasteiger partial charge in [-0.15, -0.1) is 0 Å². The third-order valence-electron chi connectivity index (χ3n) is 2.91. The van der Waals surface area contributed by atoms with Gasteiger partial charge >= 0.3 is 0 Å². The third kappa shape index (κ3) is 2.33. The number of nitrogens with zero attached hydrogens (tertiary/aromatic N) is 2. The average molecular weight is 237 g/mol. The SMILES string of the molecule is CCc1ccc(-c2ccc(C#N)c(NC)n2)cc1. The van der Waals surface area contributed by atoms with Gasteiger partial charge in [-0.2, -0.15) is 5.26 Å². The van der Waals surface area contributed by atoms with Crippen LogP contribution in [0, 0.1) is 11.3 Å². The van der Waals surface area contributed by atoms with Gasteiger partial charge < -0.3 is 5.32 Å². The molecule has 1 aromatic heterocycles. The first-order valence-electron chi connectivity index (χ1n) is 5.96. The highest BCUT2D eigenvalue weighted by molar-refractivity contribution is 5.64. The highest BCUT2D eigenvalue weighted by Gasteiger charge is 2.05. The van der Waals surface area contributed by atoms with Gasteiger partial charge in [-0.3, -0.25) is 0 Å². The predicted molar refractivity (Wildman–Crippen MR) is 73.3 cm³/mol. The summed E-state index contributed by atoms with van der Waals surface area (Å²) in [5, 5.41) is 11.9. The van der Waals surface area contributed by atoms with E-state index in [1.807, 2.05) is 6.07 Å². The lowest BCUT2D eigenvalue weighted by molar-refractivity contribution is 1.14. The predicted octanol–water partition coefficient (Wildman–Crippen LogP) is 3.22. The molecule has 1 N–H and O–H groups in total. The van der Waals surface area contributed by atoms with E-state index in [1.165, 1.54) is 5.56 Å². The average Bonchev–Trinajstić information content (AvgIpc) is 2.46. The maximum absolute atomic E-state index is 8.95. The van der Waals surface area contributed by atoms with Crippen molar-refractivity contribution in [2.75, 3.05) is 12.4 Å². The van der Waals surface area contributed by atoms with Gasteiger partial charge in [-0.05, 0) is 24.1 Å². The van der Waals surface area contributed by atoms with E-state index in [0.717, 1.165) is 17.7 Å². The molecule has 0 saturated heterocycles. The fraction of sp³-hybridized carbons (Fsp3) is 0.200. The molecular weight excluding hydrogens is 222 g/mol. The van der Waals surface area contributed by atoms with E-state index < -0.39 is 0 Å². The van der Waals surface area contributed by atoms with E-state index in [0.29, 0.717) is 11.4 Å². The van der Waals surface area contributed by atoms with Crippen molar-refractivity contribution in [1.82, 2.24) is 4.98 Å². The molecule has 0 unspecified atom stereocenters. The number of nitriles is 1. The van der Waals surface area contributed by atoms with Crippen LogP contribution in [0.1, 0.15) is 18.1 Å². The maximum atomic E-state index is 8.95. The monoisotopic (exact) mass is 237 g/mol. The van der Waals surface area contributed by atoms with Crippen molar-refractivity contribution in [3.05, 3.63) is 47.5 Å². The summed E-state index contributed by atoms with van der Waals surface area (Å²) in [4.78, 5) is 4.45. The van der Waals surface area contributed by atoms with Crippen molar-refractivity contribution in [2.24, 2.45) is 0 Å². The van der Waals surface area contributed by atoms with Crippen LogP contribution in [0.4, 0.5) is 5.82 Å². The van der Waals surface area contributed by atoms with Crippen LogP contribution >= 0.6 is 0 Å². The van der Waals surface area contributed by atoms with Crippen molar-refractivity contribution in [3.63, 3.8) is 0 Å². The highest BCUT2D eigenvalue weighted by atomic mass is 15.0. The third-order valence-corrected chi connectivity index (χ3v) is 2.91. The van der Waals surface area contributed by atoms with Crippen molar-refractivity contribution >= 4 is 5.82 Å². The smallest absolute Gasteiger partial charge is 0.144 e. The van der Waals surface area contributed by atoms with Crippen LogP contribution in [0.25, 0.3) is 11.3 Å². The van der Waals surface area contributed by atoms with E-state index in [4.69, 9.17) is 5.26 Å². The van der Waals surface area contributed by atoms with Gasteiger partial charge in [0.1, 0.15) is 11.9 Å². The van der Waals surface area contributed by atoms with E-state index in [1.54, 1.807) is 13.1 Å². The highest BCUT2D eigenvalue weighted by Crippen LogP contribution is 2.21. The number of hydrogen-bond donors (Lipinski definition) is 1. The zero-order valence-corrected chi connectivity index (χ0v) is 10.6. The first-order valence-corrected chi connectivity index (χ1v) is 5.96. The molecule has 2 rings (SSSR count). The Morgan fingerprint density at radius 3 is 2.44 bits per heavy atom. The number of pyridine rings is 1. The fourth-order valence-electron chi connectivity index (χ4n) is 1.81. The van der Waals surface area contributed by atoms with Crippen LogP contribution in [-0.2, 0) is 6.42 Å². The molecule has 0 atom stereocenters. The Kier molecular flexibility index (Phi) is 3.59. The minimum Gasteiger partial charge on any atom is -0.372 e.